The zero-order valence-corrected chi connectivity index (χ0v) is 33.4. The molecule has 0 saturated heterocycles. The van der Waals surface area contributed by atoms with Crippen LogP contribution in [0.15, 0.2) is 201 Å². The lowest BCUT2D eigenvalue weighted by Crippen LogP contribution is -2.26. The summed E-state index contributed by atoms with van der Waals surface area (Å²) in [6, 6.07) is 60.2. The predicted molar refractivity (Wildman–Crippen MR) is 240 cm³/mol. The molecule has 0 fully saturated rings. The summed E-state index contributed by atoms with van der Waals surface area (Å²) in [7, 11) is 4.14. The first-order valence-electron chi connectivity index (χ1n) is 19.9. The lowest BCUT2D eigenvalue weighted by molar-refractivity contribution is -0.671. The third-order valence-electron chi connectivity index (χ3n) is 11.1. The van der Waals surface area contributed by atoms with Crippen LogP contribution in [0.3, 0.4) is 0 Å². The van der Waals surface area contributed by atoms with Gasteiger partial charge in [-0.15, -0.1) is 0 Å². The molecule has 58 heavy (non-hydrogen) atoms. The normalized spacial score (nSPS) is 11.1. The molecule has 0 aliphatic carbocycles. The first-order valence-corrected chi connectivity index (χ1v) is 19.9. The summed E-state index contributed by atoms with van der Waals surface area (Å²) in [5.74, 6) is 0. The zero-order chi connectivity index (χ0) is 39.6. The molecular weight excluding hydrogens is 703 g/mol. The van der Waals surface area contributed by atoms with Crippen LogP contribution in [0, 0.1) is 13.8 Å². The lowest BCUT2D eigenvalue weighted by Gasteiger charge is -2.29. The standard InChI is InChI=1S/C55H45N3/c1-38-16-20-43(21-17-38)51-52(45-28-24-40(25-29-45)48-14-9-33-57(3)36-48)50(42-11-6-5-7-12-42)55(47-13-8-32-56-35-47)54(44-22-18-39(2)19-23-44)53(51)46-30-26-41(27-31-46)49-15-10-34-58(4)37-49/h5-37H,1-4H3/q+2. The Kier molecular flexibility index (Phi) is 9.87. The molecule has 0 unspecified atom stereocenters. The van der Waals surface area contributed by atoms with Gasteiger partial charge in [-0.2, -0.15) is 0 Å². The molecule has 9 rings (SSSR count). The average molecular weight is 748 g/mol. The van der Waals surface area contributed by atoms with Gasteiger partial charge in [0.25, 0.3) is 0 Å². The molecule has 6 aromatic carbocycles. The van der Waals surface area contributed by atoms with Crippen LogP contribution in [-0.4, -0.2) is 4.98 Å². The second-order valence-electron chi connectivity index (χ2n) is 15.3. The van der Waals surface area contributed by atoms with Crippen molar-refractivity contribution in [3.8, 4) is 89.0 Å². The second-order valence-corrected chi connectivity index (χ2v) is 15.3. The van der Waals surface area contributed by atoms with Crippen LogP contribution in [0.5, 0.6) is 0 Å². The van der Waals surface area contributed by atoms with Crippen molar-refractivity contribution in [2.75, 3.05) is 0 Å². The van der Waals surface area contributed by atoms with Crippen molar-refractivity contribution in [3.05, 3.63) is 212 Å². The summed E-state index contributed by atoms with van der Waals surface area (Å²) in [4.78, 5) is 4.74. The largest absolute Gasteiger partial charge is 0.264 e. The van der Waals surface area contributed by atoms with E-state index >= 15 is 0 Å². The third kappa shape index (κ3) is 7.15. The monoisotopic (exact) mass is 747 g/mol. The molecule has 0 aliphatic heterocycles. The maximum atomic E-state index is 4.74. The topological polar surface area (TPSA) is 20.6 Å². The molecule has 0 atom stereocenters. The summed E-state index contributed by atoms with van der Waals surface area (Å²) >= 11 is 0. The highest BCUT2D eigenvalue weighted by Gasteiger charge is 2.29. The number of nitrogens with zero attached hydrogens (tertiary/aromatic N) is 3. The van der Waals surface area contributed by atoms with Crippen LogP contribution < -0.4 is 9.13 Å². The van der Waals surface area contributed by atoms with E-state index in [4.69, 9.17) is 4.98 Å². The highest BCUT2D eigenvalue weighted by molar-refractivity contribution is 6.15. The molecule has 0 bridgehead atoms. The van der Waals surface area contributed by atoms with Gasteiger partial charge in [-0.1, -0.05) is 145 Å². The zero-order valence-electron chi connectivity index (χ0n) is 33.4. The Morgan fingerprint density at radius 1 is 0.310 bits per heavy atom. The molecule has 9 aromatic rings. The van der Waals surface area contributed by atoms with Crippen molar-refractivity contribution >= 4 is 0 Å². The van der Waals surface area contributed by atoms with Gasteiger partial charge in [-0.3, -0.25) is 4.98 Å². The minimum absolute atomic E-state index is 1.07. The van der Waals surface area contributed by atoms with Gasteiger partial charge < -0.3 is 0 Å². The van der Waals surface area contributed by atoms with Crippen LogP contribution in [-0.2, 0) is 14.1 Å². The maximum Gasteiger partial charge on any atom is 0.176 e. The summed E-state index contributed by atoms with van der Waals surface area (Å²) in [6.07, 6.45) is 12.4. The van der Waals surface area contributed by atoms with Crippen molar-refractivity contribution in [2.24, 2.45) is 14.1 Å². The molecule has 3 nitrogen and oxygen atoms in total. The van der Waals surface area contributed by atoms with E-state index in [1.165, 1.54) is 61.2 Å². The molecule has 0 aliphatic rings. The first-order chi connectivity index (χ1) is 28.4. The van der Waals surface area contributed by atoms with Gasteiger partial charge in [0.2, 0.25) is 0 Å². The Bertz CT molecular complexity index is 2860. The van der Waals surface area contributed by atoms with Crippen LogP contribution in [0.4, 0.5) is 0 Å². The van der Waals surface area contributed by atoms with E-state index < -0.39 is 0 Å². The molecule has 278 valence electrons. The molecular formula is C55H45N3+2. The molecule has 0 N–H and O–H groups in total. The van der Waals surface area contributed by atoms with Crippen molar-refractivity contribution < 1.29 is 9.13 Å². The number of rotatable bonds is 8. The van der Waals surface area contributed by atoms with Gasteiger partial charge in [-0.25, -0.2) is 9.13 Å². The third-order valence-corrected chi connectivity index (χ3v) is 11.1. The molecule has 3 aromatic heterocycles. The van der Waals surface area contributed by atoms with Gasteiger partial charge in [0, 0.05) is 46.8 Å². The van der Waals surface area contributed by atoms with E-state index in [9.17, 15) is 0 Å². The summed E-state index contributed by atoms with van der Waals surface area (Å²) in [5.41, 5.74) is 21.1. The summed E-state index contributed by atoms with van der Waals surface area (Å²) in [6.45, 7) is 4.32. The fourth-order valence-electron chi connectivity index (χ4n) is 8.21. The van der Waals surface area contributed by atoms with Gasteiger partial charge in [0.15, 0.2) is 24.8 Å². The number of pyridine rings is 3. The van der Waals surface area contributed by atoms with Crippen LogP contribution in [0.1, 0.15) is 11.1 Å². The number of aryl methyl sites for hydroxylation is 4. The average Bonchev–Trinajstić information content (AvgIpc) is 3.27. The van der Waals surface area contributed by atoms with Crippen LogP contribution in [0.25, 0.3) is 89.0 Å². The number of benzene rings is 6. The minimum atomic E-state index is 1.07. The molecule has 0 spiro atoms. The summed E-state index contributed by atoms with van der Waals surface area (Å²) < 4.78 is 4.21. The smallest absolute Gasteiger partial charge is 0.176 e. The Morgan fingerprint density at radius 2 is 0.638 bits per heavy atom. The number of hydrogen-bond donors (Lipinski definition) is 0. The Labute approximate surface area is 341 Å². The molecule has 3 heteroatoms. The van der Waals surface area contributed by atoms with Gasteiger partial charge in [0.05, 0.1) is 0 Å². The maximum absolute atomic E-state index is 4.74. The highest BCUT2D eigenvalue weighted by atomic mass is 14.9. The van der Waals surface area contributed by atoms with E-state index in [1.54, 1.807) is 0 Å². The Balaban J connectivity index is 1.47. The number of hydrogen-bond acceptors (Lipinski definition) is 1. The fourth-order valence-corrected chi connectivity index (χ4v) is 8.21. The SMILES string of the molecule is Cc1ccc(-c2c(-c3ccc(-c4ccc[n+](C)c4)cc3)c(-c3ccccc3)c(-c3cccnc3)c(-c3ccc(C)cc3)c2-c2ccc(-c3ccc[n+](C)c3)cc2)cc1. The van der Waals surface area contributed by atoms with E-state index in [2.05, 4.69) is 226 Å². The van der Waals surface area contributed by atoms with E-state index in [-0.39, 0.29) is 0 Å². The minimum Gasteiger partial charge on any atom is -0.264 e. The fraction of sp³-hybridized carbons (Fsp3) is 0.0727. The van der Waals surface area contributed by atoms with Crippen molar-refractivity contribution in [2.45, 2.75) is 13.8 Å². The van der Waals surface area contributed by atoms with Crippen LogP contribution in [0.2, 0.25) is 0 Å². The first kappa shape index (κ1) is 36.4. The summed E-state index contributed by atoms with van der Waals surface area (Å²) in [5, 5.41) is 0. The molecule has 0 radical (unpaired) electrons. The van der Waals surface area contributed by atoms with E-state index in [1.807, 2.05) is 12.4 Å². The van der Waals surface area contributed by atoms with Crippen molar-refractivity contribution in [3.63, 3.8) is 0 Å². The van der Waals surface area contributed by atoms with Gasteiger partial charge >= 0.3 is 0 Å². The molecule has 3 heterocycles. The quantitative estimate of drug-likeness (QED) is 0.142. The van der Waals surface area contributed by atoms with Crippen LogP contribution >= 0.6 is 0 Å². The Morgan fingerprint density at radius 3 is 1.02 bits per heavy atom. The Hall–Kier alpha value is -7.23. The molecule has 0 saturated carbocycles. The van der Waals surface area contributed by atoms with Gasteiger partial charge in [-0.05, 0) is 98.8 Å². The van der Waals surface area contributed by atoms with E-state index in [0.717, 1.165) is 38.9 Å². The van der Waals surface area contributed by atoms with Crippen molar-refractivity contribution in [1.29, 1.82) is 0 Å². The molecule has 0 amide bonds. The van der Waals surface area contributed by atoms with E-state index in [0.29, 0.717) is 0 Å². The van der Waals surface area contributed by atoms with Gasteiger partial charge in [0.1, 0.15) is 14.1 Å². The highest BCUT2D eigenvalue weighted by Crippen LogP contribution is 2.56. The van der Waals surface area contributed by atoms with Crippen molar-refractivity contribution in [1.82, 2.24) is 4.98 Å². The lowest BCUT2D eigenvalue weighted by atomic mass is 9.74. The number of aromatic nitrogens is 3. The predicted octanol–water partition coefficient (Wildman–Crippen LogP) is 12.7. The second kappa shape index (κ2) is 15.7.